The lowest BCUT2D eigenvalue weighted by Gasteiger charge is -2.14. The monoisotopic (exact) mass is 253 g/mol. The zero-order valence-electron chi connectivity index (χ0n) is 10.9. The van der Waals surface area contributed by atoms with Gasteiger partial charge in [-0.1, -0.05) is 12.1 Å². The molecule has 2 rings (SSSR count). The lowest BCUT2D eigenvalue weighted by molar-refractivity contribution is 0.416. The summed E-state index contributed by atoms with van der Waals surface area (Å²) < 4.78 is 5.28. The fourth-order valence-corrected chi connectivity index (χ4v) is 1.80. The van der Waals surface area contributed by atoms with E-state index in [1.54, 1.807) is 25.3 Å². The minimum Gasteiger partial charge on any atom is -0.495 e. The maximum Gasteiger partial charge on any atom is 0.143 e. The van der Waals surface area contributed by atoms with Crippen LogP contribution in [-0.2, 0) is 0 Å². The zero-order valence-corrected chi connectivity index (χ0v) is 10.9. The van der Waals surface area contributed by atoms with Crippen molar-refractivity contribution in [2.24, 2.45) is 0 Å². The molecule has 4 heteroatoms. The number of methoxy groups -OCH3 is 1. The standard InChI is InChI=1S/C15H15N3O/c1-10-4-3-5-13(15(10)17)18-12-7-6-11(9-16)8-14(12)19-2/h3-8,18H,17H2,1-2H3. The van der Waals surface area contributed by atoms with E-state index in [0.717, 1.165) is 16.9 Å². The molecule has 0 spiro atoms. The van der Waals surface area contributed by atoms with E-state index in [1.807, 2.05) is 25.1 Å². The quantitative estimate of drug-likeness (QED) is 0.824. The molecule has 0 fully saturated rings. The number of nitrogens with one attached hydrogen (secondary N) is 1. The first kappa shape index (κ1) is 12.8. The number of nitrogens with zero attached hydrogens (tertiary/aromatic N) is 1. The van der Waals surface area contributed by atoms with Gasteiger partial charge in [0.2, 0.25) is 0 Å². The first-order chi connectivity index (χ1) is 9.15. The van der Waals surface area contributed by atoms with Gasteiger partial charge in [0.15, 0.2) is 0 Å². The van der Waals surface area contributed by atoms with Gasteiger partial charge < -0.3 is 15.8 Å². The third-order valence-electron chi connectivity index (χ3n) is 2.92. The van der Waals surface area contributed by atoms with Crippen LogP contribution in [0.25, 0.3) is 0 Å². The third-order valence-corrected chi connectivity index (χ3v) is 2.92. The molecule has 0 amide bonds. The Morgan fingerprint density at radius 2 is 2.00 bits per heavy atom. The average molecular weight is 253 g/mol. The van der Waals surface area contributed by atoms with Crippen molar-refractivity contribution in [3.63, 3.8) is 0 Å². The molecular weight excluding hydrogens is 238 g/mol. The highest BCUT2D eigenvalue weighted by Gasteiger charge is 2.07. The van der Waals surface area contributed by atoms with Gasteiger partial charge in [0.1, 0.15) is 5.75 Å². The van der Waals surface area contributed by atoms with E-state index in [9.17, 15) is 0 Å². The molecule has 0 aromatic heterocycles. The Kier molecular flexibility index (Phi) is 3.58. The summed E-state index contributed by atoms with van der Waals surface area (Å²) in [7, 11) is 1.57. The minimum absolute atomic E-state index is 0.555. The van der Waals surface area contributed by atoms with Gasteiger partial charge in [0.25, 0.3) is 0 Å². The largest absolute Gasteiger partial charge is 0.495 e. The Hall–Kier alpha value is -2.67. The third kappa shape index (κ3) is 2.61. The SMILES string of the molecule is COc1cc(C#N)ccc1Nc1cccc(C)c1N. The molecule has 19 heavy (non-hydrogen) atoms. The second-order valence-electron chi connectivity index (χ2n) is 4.19. The predicted molar refractivity (Wildman–Crippen MR) is 76.6 cm³/mol. The number of hydrogen-bond donors (Lipinski definition) is 2. The van der Waals surface area contributed by atoms with Gasteiger partial charge in [-0.05, 0) is 30.7 Å². The van der Waals surface area contributed by atoms with E-state index < -0.39 is 0 Å². The van der Waals surface area contributed by atoms with Gasteiger partial charge in [-0.15, -0.1) is 0 Å². The predicted octanol–water partition coefficient (Wildman–Crippen LogP) is 3.20. The summed E-state index contributed by atoms with van der Waals surface area (Å²) >= 11 is 0. The number of hydrogen-bond acceptors (Lipinski definition) is 4. The Morgan fingerprint density at radius 1 is 1.21 bits per heavy atom. The molecule has 0 bridgehead atoms. The van der Waals surface area contributed by atoms with Crippen molar-refractivity contribution in [2.45, 2.75) is 6.92 Å². The number of benzene rings is 2. The number of nitriles is 1. The first-order valence-corrected chi connectivity index (χ1v) is 5.86. The lowest BCUT2D eigenvalue weighted by Crippen LogP contribution is -2.00. The van der Waals surface area contributed by atoms with Gasteiger partial charge in [-0.3, -0.25) is 0 Å². The Labute approximate surface area is 112 Å². The first-order valence-electron chi connectivity index (χ1n) is 5.86. The Balaban J connectivity index is 2.38. The molecule has 0 aliphatic carbocycles. The van der Waals surface area contributed by atoms with Crippen molar-refractivity contribution >= 4 is 17.1 Å². The maximum atomic E-state index is 8.87. The number of aryl methyl sites for hydroxylation is 1. The summed E-state index contributed by atoms with van der Waals surface area (Å²) in [5, 5.41) is 12.1. The Morgan fingerprint density at radius 3 is 2.68 bits per heavy atom. The fourth-order valence-electron chi connectivity index (χ4n) is 1.80. The van der Waals surface area contributed by atoms with E-state index in [1.165, 1.54) is 0 Å². The molecule has 2 aromatic rings. The molecule has 4 nitrogen and oxygen atoms in total. The molecule has 0 radical (unpaired) electrons. The summed E-state index contributed by atoms with van der Waals surface area (Å²) in [5.41, 5.74) is 9.89. The van der Waals surface area contributed by atoms with Crippen LogP contribution >= 0.6 is 0 Å². The molecule has 2 aromatic carbocycles. The van der Waals surface area contributed by atoms with Crippen LogP contribution in [0.5, 0.6) is 5.75 Å². The van der Waals surface area contributed by atoms with Crippen LogP contribution in [-0.4, -0.2) is 7.11 Å². The van der Waals surface area contributed by atoms with Crippen molar-refractivity contribution in [3.05, 3.63) is 47.5 Å². The summed E-state index contributed by atoms with van der Waals surface area (Å²) in [4.78, 5) is 0. The molecular formula is C15H15N3O. The molecule has 0 saturated heterocycles. The summed E-state index contributed by atoms with van der Waals surface area (Å²) in [5.74, 6) is 0.611. The number of anilines is 3. The number of nitrogens with two attached hydrogens (primary N) is 1. The van der Waals surface area contributed by atoms with Crippen LogP contribution in [0.15, 0.2) is 36.4 Å². The van der Waals surface area contributed by atoms with Gasteiger partial charge >= 0.3 is 0 Å². The number of nitrogen functional groups attached to an aromatic ring is 1. The minimum atomic E-state index is 0.555. The van der Waals surface area contributed by atoms with Crippen LogP contribution in [0.3, 0.4) is 0 Å². The van der Waals surface area contributed by atoms with E-state index in [4.69, 9.17) is 15.7 Å². The van der Waals surface area contributed by atoms with Crippen molar-refractivity contribution in [1.29, 1.82) is 5.26 Å². The highest BCUT2D eigenvalue weighted by Crippen LogP contribution is 2.31. The molecule has 96 valence electrons. The Bertz CT molecular complexity index is 644. The number of para-hydroxylation sites is 1. The molecule has 0 heterocycles. The lowest BCUT2D eigenvalue weighted by atomic mass is 10.1. The van der Waals surface area contributed by atoms with Crippen LogP contribution < -0.4 is 15.8 Å². The van der Waals surface area contributed by atoms with E-state index in [2.05, 4.69) is 11.4 Å². The highest BCUT2D eigenvalue weighted by molar-refractivity contribution is 5.77. The zero-order chi connectivity index (χ0) is 13.8. The van der Waals surface area contributed by atoms with Crippen molar-refractivity contribution in [2.75, 3.05) is 18.2 Å². The summed E-state index contributed by atoms with van der Waals surface area (Å²) in [6.45, 7) is 1.95. The molecule has 0 saturated carbocycles. The smallest absolute Gasteiger partial charge is 0.143 e. The maximum absolute atomic E-state index is 8.87. The van der Waals surface area contributed by atoms with Crippen molar-refractivity contribution in [1.82, 2.24) is 0 Å². The topological polar surface area (TPSA) is 71.1 Å². The van der Waals surface area contributed by atoms with Crippen LogP contribution in [0.1, 0.15) is 11.1 Å². The van der Waals surface area contributed by atoms with Crippen molar-refractivity contribution < 1.29 is 4.74 Å². The van der Waals surface area contributed by atoms with E-state index >= 15 is 0 Å². The number of ether oxygens (including phenoxy) is 1. The second-order valence-corrected chi connectivity index (χ2v) is 4.19. The molecule has 0 aliphatic heterocycles. The van der Waals surface area contributed by atoms with Crippen LogP contribution in [0, 0.1) is 18.3 Å². The summed E-state index contributed by atoms with van der Waals surface area (Å²) in [6.07, 6.45) is 0. The fraction of sp³-hybridized carbons (Fsp3) is 0.133. The highest BCUT2D eigenvalue weighted by atomic mass is 16.5. The van der Waals surface area contributed by atoms with Gasteiger partial charge in [-0.25, -0.2) is 0 Å². The van der Waals surface area contributed by atoms with E-state index in [-0.39, 0.29) is 0 Å². The van der Waals surface area contributed by atoms with Crippen molar-refractivity contribution in [3.8, 4) is 11.8 Å². The van der Waals surface area contributed by atoms with Crippen LogP contribution in [0.4, 0.5) is 17.1 Å². The van der Waals surface area contributed by atoms with E-state index in [0.29, 0.717) is 17.0 Å². The normalized spacial score (nSPS) is 9.74. The molecule has 0 aliphatic rings. The molecule has 0 atom stereocenters. The van der Waals surface area contributed by atoms with Gasteiger partial charge in [-0.2, -0.15) is 5.26 Å². The van der Waals surface area contributed by atoms with Crippen LogP contribution in [0.2, 0.25) is 0 Å². The molecule has 0 unspecified atom stereocenters. The van der Waals surface area contributed by atoms with Gasteiger partial charge in [0, 0.05) is 6.07 Å². The summed E-state index contributed by atoms with van der Waals surface area (Å²) in [6, 6.07) is 13.1. The molecule has 3 N–H and O–H groups in total. The second kappa shape index (κ2) is 5.32. The number of rotatable bonds is 3. The average Bonchev–Trinajstić information content (AvgIpc) is 2.44. The van der Waals surface area contributed by atoms with Gasteiger partial charge in [0.05, 0.1) is 35.8 Å².